The molecule has 2 aromatic heterocycles. The number of rotatable bonds is 6. The van der Waals surface area contributed by atoms with Crippen molar-refractivity contribution in [2.45, 2.75) is 35.2 Å². The molecule has 2 aliphatic heterocycles. The molecule has 34 heavy (non-hydrogen) atoms. The molecule has 0 bridgehead atoms. The van der Waals surface area contributed by atoms with E-state index >= 15 is 0 Å². The molecule has 3 aromatic rings. The van der Waals surface area contributed by atoms with Gasteiger partial charge in [-0.1, -0.05) is 6.07 Å². The number of hydrogen-bond donors (Lipinski definition) is 4. The zero-order chi connectivity index (χ0) is 23.9. The number of H-pyrrole nitrogens is 1. The van der Waals surface area contributed by atoms with E-state index in [2.05, 4.69) is 35.6 Å². The monoisotopic (exact) mass is 505 g/mol. The summed E-state index contributed by atoms with van der Waals surface area (Å²) in [6.07, 6.45) is 2.95. The van der Waals surface area contributed by atoms with Crippen LogP contribution in [-0.2, 0) is 33.0 Å². The van der Waals surface area contributed by atoms with Gasteiger partial charge in [0.05, 0.1) is 17.8 Å². The number of primary sulfonamides is 1. The molecular weight excluding hydrogens is 482 g/mol. The van der Waals surface area contributed by atoms with Gasteiger partial charge in [0.1, 0.15) is 9.79 Å². The van der Waals surface area contributed by atoms with E-state index in [0.717, 1.165) is 11.3 Å². The summed E-state index contributed by atoms with van der Waals surface area (Å²) >= 11 is 0. The summed E-state index contributed by atoms with van der Waals surface area (Å²) in [6, 6.07) is 6.31. The third kappa shape index (κ3) is 4.27. The van der Waals surface area contributed by atoms with Crippen LogP contribution in [0, 0.1) is 0 Å². The Morgan fingerprint density at radius 2 is 2.03 bits per heavy atom. The van der Waals surface area contributed by atoms with Crippen molar-refractivity contribution < 1.29 is 16.8 Å². The van der Waals surface area contributed by atoms with Gasteiger partial charge in [-0.15, -0.1) is 10.2 Å². The molecule has 1 fully saturated rings. The van der Waals surface area contributed by atoms with Gasteiger partial charge in [0, 0.05) is 31.0 Å². The second-order valence-corrected chi connectivity index (χ2v) is 11.3. The fraction of sp³-hybridized carbons (Fsp3) is 0.368. The predicted molar refractivity (Wildman–Crippen MR) is 122 cm³/mol. The summed E-state index contributed by atoms with van der Waals surface area (Å²) in [4.78, 5) is 5.30. The molecule has 5 N–H and O–H groups in total. The lowest BCUT2D eigenvalue weighted by Crippen LogP contribution is -2.37. The van der Waals surface area contributed by atoms with E-state index < -0.39 is 29.8 Å². The van der Waals surface area contributed by atoms with Crippen LogP contribution < -0.4 is 20.1 Å². The highest BCUT2D eigenvalue weighted by Crippen LogP contribution is 2.39. The van der Waals surface area contributed by atoms with Gasteiger partial charge in [-0.3, -0.25) is 4.98 Å². The Morgan fingerprint density at radius 1 is 1.18 bits per heavy atom. The Morgan fingerprint density at radius 3 is 2.74 bits per heavy atom. The van der Waals surface area contributed by atoms with Crippen LogP contribution in [0.4, 0.5) is 5.69 Å². The van der Waals surface area contributed by atoms with Crippen molar-refractivity contribution in [1.82, 2.24) is 35.6 Å². The zero-order valence-electron chi connectivity index (χ0n) is 18.0. The second-order valence-electron chi connectivity index (χ2n) is 8.16. The first-order valence-corrected chi connectivity index (χ1v) is 13.6. The second kappa shape index (κ2) is 8.66. The molecule has 0 unspecified atom stereocenters. The molecule has 0 aliphatic carbocycles. The summed E-state index contributed by atoms with van der Waals surface area (Å²) in [7, 11) is -8.76. The number of fused-ring (bicyclic) bond motifs is 1. The molecule has 0 saturated carbocycles. The number of sulfonamides is 2. The predicted octanol–water partition coefficient (Wildman–Crippen LogP) is -0.888. The lowest BCUT2D eigenvalue weighted by Gasteiger charge is -2.32. The smallest absolute Gasteiger partial charge is 0.242 e. The number of nitrogens with two attached hydrogens (primary N) is 1. The number of hydrogen-bond acceptors (Lipinski definition) is 10. The summed E-state index contributed by atoms with van der Waals surface area (Å²) in [6.45, 7) is 2.04. The van der Waals surface area contributed by atoms with Crippen molar-refractivity contribution >= 4 is 25.7 Å². The molecule has 0 amide bonds. The maximum absolute atomic E-state index is 13.3. The van der Waals surface area contributed by atoms with Crippen molar-refractivity contribution in [2.24, 2.45) is 5.14 Å². The summed E-state index contributed by atoms with van der Waals surface area (Å²) in [5.74, 6) is -0.0783. The van der Waals surface area contributed by atoms with E-state index in [-0.39, 0.29) is 17.4 Å². The Hall–Kier alpha value is -2.98. The fourth-order valence-corrected chi connectivity index (χ4v) is 7.26. The molecule has 1 saturated heterocycles. The zero-order valence-corrected chi connectivity index (χ0v) is 19.6. The molecule has 1 atom stereocenters. The lowest BCUT2D eigenvalue weighted by molar-refractivity contribution is 0.555. The van der Waals surface area contributed by atoms with Crippen LogP contribution in [0.2, 0.25) is 0 Å². The third-order valence-corrected chi connectivity index (χ3v) is 8.63. The van der Waals surface area contributed by atoms with Crippen molar-refractivity contribution in [3.63, 3.8) is 0 Å². The number of nitrogens with zero attached hydrogens (tertiary/aromatic N) is 5. The maximum atomic E-state index is 13.3. The number of benzene rings is 1. The summed E-state index contributed by atoms with van der Waals surface area (Å²) in [5.41, 5.74) is 2.34. The number of pyridine rings is 1. The molecular formula is C19H23N9O4S2. The van der Waals surface area contributed by atoms with Gasteiger partial charge in [-0.25, -0.2) is 26.7 Å². The highest BCUT2D eigenvalue weighted by molar-refractivity contribution is 7.92. The van der Waals surface area contributed by atoms with E-state index in [9.17, 15) is 16.8 Å². The topological polar surface area (TPSA) is 189 Å². The first-order valence-electron chi connectivity index (χ1n) is 10.6. The Labute approximate surface area is 196 Å². The first-order chi connectivity index (χ1) is 16.2. The van der Waals surface area contributed by atoms with E-state index in [1.807, 2.05) is 17.0 Å². The average Bonchev–Trinajstić information content (AvgIpc) is 3.51. The molecule has 4 heterocycles. The quantitative estimate of drug-likeness (QED) is 0.327. The van der Waals surface area contributed by atoms with E-state index in [4.69, 9.17) is 5.14 Å². The van der Waals surface area contributed by atoms with Gasteiger partial charge < -0.3 is 10.2 Å². The van der Waals surface area contributed by atoms with E-state index in [1.165, 1.54) is 6.07 Å². The summed E-state index contributed by atoms with van der Waals surface area (Å²) < 4.78 is 54.8. The number of anilines is 1. The fourth-order valence-electron chi connectivity index (χ4n) is 4.39. The molecule has 1 aromatic carbocycles. The Bertz CT molecular complexity index is 1420. The first kappa shape index (κ1) is 22.8. The Balaban J connectivity index is 1.68. The molecule has 15 heteroatoms. The molecule has 13 nitrogen and oxygen atoms in total. The molecule has 2 aliphatic rings. The van der Waals surface area contributed by atoms with Crippen LogP contribution in [0.3, 0.4) is 0 Å². The SMILES string of the molecule is NS(=O)(=O)c1c(S(=O)(=O)N[C@@H]2CCNC2)ccc(N2CCc3cccnc3C2)c1-c1nn[nH]n1. The van der Waals surface area contributed by atoms with Crippen LogP contribution in [0.15, 0.2) is 40.3 Å². The minimum Gasteiger partial charge on any atom is -0.365 e. The van der Waals surface area contributed by atoms with Crippen LogP contribution in [0.5, 0.6) is 0 Å². The number of aromatic amines is 1. The van der Waals surface area contributed by atoms with Crippen molar-refractivity contribution in [3.8, 4) is 11.4 Å². The van der Waals surface area contributed by atoms with Gasteiger partial charge in [0.25, 0.3) is 0 Å². The lowest BCUT2D eigenvalue weighted by atomic mass is 10.0. The standard InChI is InChI=1S/C19H23N9O4S2/c20-33(29,30)18-16(34(31,32)25-13-5-8-21-10-13)4-3-15(17(18)19-23-26-27-24-19)28-9-6-12-2-1-7-22-14(12)11-28/h1-4,7,13,21,25H,5-6,8-11H2,(H2,20,29,30)(H,23,24,26,27)/t13-/m1/s1. The number of tetrazole rings is 1. The highest BCUT2D eigenvalue weighted by atomic mass is 32.2. The van der Waals surface area contributed by atoms with Crippen molar-refractivity contribution in [1.29, 1.82) is 0 Å². The summed E-state index contributed by atoms with van der Waals surface area (Å²) in [5, 5.41) is 22.4. The van der Waals surface area contributed by atoms with Gasteiger partial charge in [-0.2, -0.15) is 5.21 Å². The molecule has 180 valence electrons. The van der Waals surface area contributed by atoms with Crippen molar-refractivity contribution in [2.75, 3.05) is 24.5 Å². The minimum absolute atomic E-state index is 0.0250. The van der Waals surface area contributed by atoms with Gasteiger partial charge in [0.2, 0.25) is 25.9 Å². The maximum Gasteiger partial charge on any atom is 0.242 e. The van der Waals surface area contributed by atoms with Crippen LogP contribution in [0.25, 0.3) is 11.4 Å². The minimum atomic E-state index is -4.53. The van der Waals surface area contributed by atoms with Crippen molar-refractivity contribution in [3.05, 3.63) is 41.7 Å². The number of aromatic nitrogens is 5. The van der Waals surface area contributed by atoms with Gasteiger partial charge >= 0.3 is 0 Å². The van der Waals surface area contributed by atoms with E-state index in [0.29, 0.717) is 44.7 Å². The normalized spacial score (nSPS) is 18.7. The number of nitrogens with one attached hydrogen (secondary N) is 3. The van der Waals surface area contributed by atoms with Gasteiger partial charge in [0.15, 0.2) is 0 Å². The molecule has 0 spiro atoms. The average molecular weight is 506 g/mol. The molecule has 5 rings (SSSR count). The largest absolute Gasteiger partial charge is 0.365 e. The third-order valence-electron chi connectivity index (χ3n) is 5.94. The van der Waals surface area contributed by atoms with Gasteiger partial charge in [-0.05, 0) is 48.4 Å². The Kier molecular flexibility index (Phi) is 5.81. The van der Waals surface area contributed by atoms with Crippen LogP contribution in [-0.4, -0.2) is 68.1 Å². The van der Waals surface area contributed by atoms with Crippen LogP contribution >= 0.6 is 0 Å². The van der Waals surface area contributed by atoms with E-state index in [1.54, 1.807) is 12.3 Å². The van der Waals surface area contributed by atoms with Crippen LogP contribution in [0.1, 0.15) is 17.7 Å². The molecule has 0 radical (unpaired) electrons. The highest BCUT2D eigenvalue weighted by Gasteiger charge is 2.35.